The molecule has 0 aliphatic heterocycles. The number of fused-ring (bicyclic) bond motifs is 1. The van der Waals surface area contributed by atoms with E-state index in [2.05, 4.69) is 85.7 Å². The molecular weight excluding hydrogens is 499 g/mol. The molecular formula is C24H29IN6. The molecule has 0 radical (unpaired) electrons. The maximum atomic E-state index is 4.35. The Kier molecular flexibility index (Phi) is 8.11. The minimum atomic E-state index is 0. The molecule has 0 saturated heterocycles. The quantitative estimate of drug-likeness (QED) is 0.191. The highest BCUT2D eigenvalue weighted by Crippen LogP contribution is 2.19. The zero-order chi connectivity index (χ0) is 20.8. The van der Waals surface area contributed by atoms with Gasteiger partial charge >= 0.3 is 0 Å². The number of hydrogen-bond donors (Lipinski definition) is 3. The van der Waals surface area contributed by atoms with Crippen LogP contribution in [0.15, 0.2) is 72.4 Å². The summed E-state index contributed by atoms with van der Waals surface area (Å²) in [5.74, 6) is 0.811. The van der Waals surface area contributed by atoms with Crippen LogP contribution in [0.5, 0.6) is 0 Å². The van der Waals surface area contributed by atoms with Crippen molar-refractivity contribution in [3.8, 4) is 0 Å². The third-order valence-corrected chi connectivity index (χ3v) is 5.21. The average molecular weight is 528 g/mol. The van der Waals surface area contributed by atoms with E-state index in [1.807, 2.05) is 12.5 Å². The van der Waals surface area contributed by atoms with Crippen molar-refractivity contribution in [3.63, 3.8) is 0 Å². The second-order valence-electron chi connectivity index (χ2n) is 7.52. The molecule has 0 aliphatic rings. The van der Waals surface area contributed by atoms with Crippen molar-refractivity contribution in [3.05, 3.63) is 89.6 Å². The zero-order valence-electron chi connectivity index (χ0n) is 17.9. The Morgan fingerprint density at radius 1 is 1.13 bits per heavy atom. The molecule has 6 nitrogen and oxygen atoms in total. The molecule has 4 aromatic rings. The molecule has 2 aromatic heterocycles. The number of rotatable bonds is 7. The largest absolute Gasteiger partial charge is 0.361 e. The summed E-state index contributed by atoms with van der Waals surface area (Å²) in [5.41, 5.74) is 6.27. The lowest BCUT2D eigenvalue weighted by Crippen LogP contribution is -2.37. The highest BCUT2D eigenvalue weighted by Gasteiger charge is 2.05. The average Bonchev–Trinajstić information content (AvgIpc) is 3.40. The normalized spacial score (nSPS) is 11.4. The molecule has 0 atom stereocenters. The predicted octanol–water partition coefficient (Wildman–Crippen LogP) is 4.25. The maximum Gasteiger partial charge on any atom is 0.191 e. The van der Waals surface area contributed by atoms with Crippen LogP contribution in [0.1, 0.15) is 22.3 Å². The molecule has 162 valence electrons. The number of halogens is 1. The van der Waals surface area contributed by atoms with Gasteiger partial charge in [0, 0.05) is 56.2 Å². The van der Waals surface area contributed by atoms with Crippen LogP contribution in [0.3, 0.4) is 0 Å². The predicted molar refractivity (Wildman–Crippen MR) is 138 cm³/mol. The van der Waals surface area contributed by atoms with E-state index in [-0.39, 0.29) is 24.0 Å². The molecule has 3 N–H and O–H groups in total. The Morgan fingerprint density at radius 2 is 2.00 bits per heavy atom. The lowest BCUT2D eigenvalue weighted by atomic mass is 10.1. The summed E-state index contributed by atoms with van der Waals surface area (Å²) in [7, 11) is 1.80. The summed E-state index contributed by atoms with van der Waals surface area (Å²) in [5, 5.41) is 8.12. The van der Waals surface area contributed by atoms with Crippen LogP contribution in [-0.2, 0) is 19.5 Å². The van der Waals surface area contributed by atoms with Crippen molar-refractivity contribution < 1.29 is 0 Å². The minimum absolute atomic E-state index is 0. The van der Waals surface area contributed by atoms with E-state index < -0.39 is 0 Å². The number of guanidine groups is 1. The Hall–Kier alpha value is -2.81. The van der Waals surface area contributed by atoms with Gasteiger partial charge in [0.15, 0.2) is 5.96 Å². The number of aromatic nitrogens is 3. The number of nitrogens with zero attached hydrogens (tertiary/aromatic N) is 3. The molecule has 31 heavy (non-hydrogen) atoms. The molecule has 0 spiro atoms. The van der Waals surface area contributed by atoms with Crippen LogP contribution in [0.25, 0.3) is 10.9 Å². The zero-order valence-corrected chi connectivity index (χ0v) is 20.3. The Labute approximate surface area is 200 Å². The van der Waals surface area contributed by atoms with Crippen LogP contribution in [0.4, 0.5) is 0 Å². The number of benzene rings is 2. The maximum absolute atomic E-state index is 4.35. The summed E-state index contributed by atoms with van der Waals surface area (Å²) in [6, 6.07) is 15.1. The summed E-state index contributed by atoms with van der Waals surface area (Å²) in [4.78, 5) is 11.8. The first-order valence-electron chi connectivity index (χ1n) is 10.3. The number of H-pyrrole nitrogens is 1. The number of aryl methyl sites for hydroxylation is 1. The van der Waals surface area contributed by atoms with E-state index in [1.54, 1.807) is 13.2 Å². The summed E-state index contributed by atoms with van der Waals surface area (Å²) >= 11 is 0. The SMILES string of the molecule is CN=C(NCCc1c[nH]c2cc(C)ccc12)NCc1cccc(Cn2ccnc2)c1.I. The van der Waals surface area contributed by atoms with Crippen LogP contribution >= 0.6 is 24.0 Å². The van der Waals surface area contributed by atoms with Crippen LogP contribution in [0.2, 0.25) is 0 Å². The second-order valence-corrected chi connectivity index (χ2v) is 7.52. The standard InChI is InChI=1S/C24H28N6.HI/c1-18-6-7-22-21(15-28-23(22)12-18)8-9-27-24(25-2)29-14-19-4-3-5-20(13-19)16-30-11-10-26-17-30;/h3-7,10-13,15,17,28H,8-9,14,16H2,1-2H3,(H2,25,27,29);1H. The van der Waals surface area contributed by atoms with Crippen LogP contribution < -0.4 is 10.6 Å². The van der Waals surface area contributed by atoms with Crippen molar-refractivity contribution in [1.29, 1.82) is 0 Å². The number of imidazole rings is 1. The lowest BCUT2D eigenvalue weighted by Gasteiger charge is -2.12. The van der Waals surface area contributed by atoms with E-state index in [0.717, 1.165) is 32.0 Å². The fraction of sp³-hybridized carbons (Fsp3) is 0.250. The molecule has 4 rings (SSSR count). The van der Waals surface area contributed by atoms with Crippen LogP contribution in [0, 0.1) is 6.92 Å². The first kappa shape index (κ1) is 22.9. The van der Waals surface area contributed by atoms with Crippen molar-refractivity contribution >= 4 is 40.8 Å². The first-order chi connectivity index (χ1) is 14.7. The van der Waals surface area contributed by atoms with Gasteiger partial charge in [-0.1, -0.05) is 36.4 Å². The van der Waals surface area contributed by atoms with Crippen molar-refractivity contribution in [2.24, 2.45) is 4.99 Å². The topological polar surface area (TPSA) is 70.0 Å². The van der Waals surface area contributed by atoms with Gasteiger partial charge in [-0.3, -0.25) is 4.99 Å². The van der Waals surface area contributed by atoms with Gasteiger partial charge < -0.3 is 20.2 Å². The van der Waals surface area contributed by atoms with Gasteiger partial charge in [-0.05, 0) is 41.7 Å². The fourth-order valence-corrected chi connectivity index (χ4v) is 3.66. The second kappa shape index (κ2) is 11.0. The van der Waals surface area contributed by atoms with Crippen molar-refractivity contribution in [2.75, 3.05) is 13.6 Å². The highest BCUT2D eigenvalue weighted by atomic mass is 127. The van der Waals surface area contributed by atoms with Gasteiger partial charge in [0.05, 0.1) is 6.33 Å². The van der Waals surface area contributed by atoms with E-state index in [4.69, 9.17) is 0 Å². The van der Waals surface area contributed by atoms with E-state index >= 15 is 0 Å². The molecule has 2 heterocycles. The van der Waals surface area contributed by atoms with Gasteiger partial charge in [-0.25, -0.2) is 4.98 Å². The van der Waals surface area contributed by atoms with E-state index in [9.17, 15) is 0 Å². The summed E-state index contributed by atoms with van der Waals surface area (Å²) in [6.07, 6.45) is 8.66. The monoisotopic (exact) mass is 528 g/mol. The Morgan fingerprint density at radius 3 is 2.81 bits per heavy atom. The molecule has 0 unspecified atom stereocenters. The van der Waals surface area contributed by atoms with Gasteiger partial charge in [0.25, 0.3) is 0 Å². The third kappa shape index (κ3) is 6.10. The van der Waals surface area contributed by atoms with Crippen molar-refractivity contribution in [1.82, 2.24) is 25.2 Å². The molecule has 0 aliphatic carbocycles. The molecule has 0 bridgehead atoms. The Balaban J connectivity index is 0.00000272. The molecule has 0 amide bonds. The lowest BCUT2D eigenvalue weighted by molar-refractivity contribution is 0.783. The fourth-order valence-electron chi connectivity index (χ4n) is 3.66. The van der Waals surface area contributed by atoms with E-state index in [1.165, 1.54) is 33.2 Å². The molecule has 7 heteroatoms. The number of aromatic amines is 1. The molecule has 0 fully saturated rings. The highest BCUT2D eigenvalue weighted by molar-refractivity contribution is 14.0. The van der Waals surface area contributed by atoms with E-state index in [0.29, 0.717) is 0 Å². The van der Waals surface area contributed by atoms with Gasteiger partial charge in [0.2, 0.25) is 0 Å². The van der Waals surface area contributed by atoms with Gasteiger partial charge in [-0.2, -0.15) is 0 Å². The third-order valence-electron chi connectivity index (χ3n) is 5.21. The van der Waals surface area contributed by atoms with Crippen molar-refractivity contribution in [2.45, 2.75) is 26.4 Å². The Bertz CT molecular complexity index is 1130. The minimum Gasteiger partial charge on any atom is -0.361 e. The van der Waals surface area contributed by atoms with Gasteiger partial charge in [-0.15, -0.1) is 24.0 Å². The summed E-state index contributed by atoms with van der Waals surface area (Å²) < 4.78 is 2.07. The smallest absolute Gasteiger partial charge is 0.191 e. The molecule has 0 saturated carbocycles. The first-order valence-corrected chi connectivity index (χ1v) is 10.3. The number of nitrogens with one attached hydrogen (secondary N) is 3. The van der Waals surface area contributed by atoms with Crippen LogP contribution in [-0.4, -0.2) is 34.1 Å². The molecule has 2 aromatic carbocycles. The summed E-state index contributed by atoms with van der Waals surface area (Å²) in [6.45, 7) is 4.49. The van der Waals surface area contributed by atoms with Gasteiger partial charge in [0.1, 0.15) is 0 Å². The number of aliphatic imine (C=N–C) groups is 1. The number of hydrogen-bond acceptors (Lipinski definition) is 2.